The molecule has 32 heavy (non-hydrogen) atoms. The number of fused-ring (bicyclic) bond motifs is 1. The first-order valence-electron chi connectivity index (χ1n) is 10.3. The topological polar surface area (TPSA) is 82.7 Å². The lowest BCUT2D eigenvalue weighted by Crippen LogP contribution is -1.99. The monoisotopic (exact) mass is 583 g/mol. The number of aryl methyl sites for hydroxylation is 1. The Morgan fingerprint density at radius 1 is 1.22 bits per heavy atom. The molecular weight excluding hydrogens is 560 g/mol. The van der Waals surface area contributed by atoms with Crippen molar-refractivity contribution < 1.29 is 4.74 Å². The second kappa shape index (κ2) is 9.89. The summed E-state index contributed by atoms with van der Waals surface area (Å²) < 4.78 is 9.57. The molecule has 0 radical (unpaired) electrons. The molecule has 0 bridgehead atoms. The SMILES string of the molecule is CC.COc1c(Nc2cc(Cl)nc3c2nc(C2CC2)n3PI)cccc1-c1ncn(C)n1. The van der Waals surface area contributed by atoms with E-state index < -0.39 is 0 Å². The van der Waals surface area contributed by atoms with E-state index in [0.29, 0.717) is 29.0 Å². The molecule has 0 aliphatic heterocycles. The van der Waals surface area contributed by atoms with Crippen molar-refractivity contribution in [1.82, 2.24) is 29.1 Å². The Balaban J connectivity index is 0.00000119. The molecule has 168 valence electrons. The smallest absolute Gasteiger partial charge is 0.184 e. The zero-order valence-corrected chi connectivity index (χ0v) is 22.1. The molecule has 11 heteroatoms. The summed E-state index contributed by atoms with van der Waals surface area (Å²) in [4.78, 5) is 13.9. The summed E-state index contributed by atoms with van der Waals surface area (Å²) in [7, 11) is 3.47. The van der Waals surface area contributed by atoms with E-state index in [-0.39, 0.29) is 0 Å². The lowest BCUT2D eigenvalue weighted by Gasteiger charge is -2.14. The number of ether oxygens (including phenoxy) is 1. The number of para-hydroxylation sites is 1. The number of nitrogens with zero attached hydrogens (tertiary/aromatic N) is 6. The molecule has 8 nitrogen and oxygen atoms in total. The average Bonchev–Trinajstić information content (AvgIpc) is 3.45. The van der Waals surface area contributed by atoms with Crippen LogP contribution in [0.15, 0.2) is 30.6 Å². The van der Waals surface area contributed by atoms with E-state index in [1.54, 1.807) is 24.2 Å². The van der Waals surface area contributed by atoms with Gasteiger partial charge in [0.05, 0.1) is 30.4 Å². The van der Waals surface area contributed by atoms with Crippen LogP contribution < -0.4 is 10.1 Å². The van der Waals surface area contributed by atoms with Gasteiger partial charge >= 0.3 is 0 Å². The van der Waals surface area contributed by atoms with Crippen LogP contribution in [0.5, 0.6) is 5.75 Å². The maximum Gasteiger partial charge on any atom is 0.184 e. The van der Waals surface area contributed by atoms with Crippen molar-refractivity contribution in [2.75, 3.05) is 12.4 Å². The number of pyridine rings is 1. The summed E-state index contributed by atoms with van der Waals surface area (Å²) in [5, 5.41) is 8.29. The standard InChI is InChI=1S/C19H18ClIN7OP.C2H6/c1-27-9-22-17(26-27)11-4-3-5-12(16(11)29-2)23-13-8-14(20)24-19-15(13)25-18(10-6-7-10)28(19)30-21;1-2/h3-5,8-10,30H,6-7H2,1-2H3,(H,23,24);1-2H3. The Kier molecular flexibility index (Phi) is 7.17. The molecule has 0 amide bonds. The quantitative estimate of drug-likeness (QED) is 0.162. The van der Waals surface area contributed by atoms with Crippen LogP contribution in [0.25, 0.3) is 22.6 Å². The number of aromatic nitrogens is 6. The molecule has 0 saturated heterocycles. The molecule has 1 aliphatic rings. The first kappa shape index (κ1) is 23.2. The van der Waals surface area contributed by atoms with Gasteiger partial charge in [0.25, 0.3) is 0 Å². The molecule has 3 aromatic heterocycles. The summed E-state index contributed by atoms with van der Waals surface area (Å²) in [6.45, 7) is 4.00. The number of halogens is 2. The molecule has 4 aromatic rings. The van der Waals surface area contributed by atoms with Gasteiger partial charge in [0, 0.05) is 19.0 Å². The summed E-state index contributed by atoms with van der Waals surface area (Å²) in [5.41, 5.74) is 4.00. The number of methoxy groups -OCH3 is 1. The van der Waals surface area contributed by atoms with Crippen molar-refractivity contribution in [2.45, 2.75) is 32.6 Å². The molecule has 1 saturated carbocycles. The second-order valence-electron chi connectivity index (χ2n) is 7.08. The lowest BCUT2D eigenvalue weighted by atomic mass is 10.1. The van der Waals surface area contributed by atoms with Crippen LogP contribution in [0, 0.1) is 0 Å². The van der Waals surface area contributed by atoms with E-state index in [0.717, 1.165) is 33.9 Å². The Morgan fingerprint density at radius 2 is 2.00 bits per heavy atom. The molecule has 1 N–H and O–H groups in total. The van der Waals surface area contributed by atoms with Gasteiger partial charge in [-0.3, -0.25) is 9.02 Å². The molecule has 1 fully saturated rings. The number of benzene rings is 1. The Hall–Kier alpha value is -1.97. The number of anilines is 2. The van der Waals surface area contributed by atoms with Crippen LogP contribution in [0.1, 0.15) is 38.4 Å². The minimum Gasteiger partial charge on any atom is -0.494 e. The van der Waals surface area contributed by atoms with Crippen LogP contribution >= 0.6 is 40.0 Å². The zero-order valence-electron chi connectivity index (χ0n) is 18.2. The normalized spacial score (nSPS) is 13.4. The Labute approximate surface area is 206 Å². The molecule has 1 atom stereocenters. The van der Waals surface area contributed by atoms with E-state index in [4.69, 9.17) is 21.3 Å². The number of rotatable bonds is 6. The van der Waals surface area contributed by atoms with Gasteiger partial charge in [0.15, 0.2) is 17.2 Å². The van der Waals surface area contributed by atoms with Crippen molar-refractivity contribution in [3.8, 4) is 17.1 Å². The van der Waals surface area contributed by atoms with Crippen molar-refractivity contribution in [2.24, 2.45) is 7.05 Å². The van der Waals surface area contributed by atoms with Gasteiger partial charge < -0.3 is 10.1 Å². The summed E-state index contributed by atoms with van der Waals surface area (Å²) in [5.74, 6) is 2.86. The fourth-order valence-electron chi connectivity index (χ4n) is 3.47. The van der Waals surface area contributed by atoms with E-state index in [1.165, 1.54) is 12.8 Å². The maximum atomic E-state index is 6.38. The van der Waals surface area contributed by atoms with Gasteiger partial charge in [-0.15, -0.1) is 0 Å². The highest BCUT2D eigenvalue weighted by Gasteiger charge is 2.30. The van der Waals surface area contributed by atoms with Gasteiger partial charge in [0.2, 0.25) is 0 Å². The predicted octanol–water partition coefficient (Wildman–Crippen LogP) is 6.33. The van der Waals surface area contributed by atoms with Gasteiger partial charge in [-0.2, -0.15) is 5.10 Å². The van der Waals surface area contributed by atoms with Crippen molar-refractivity contribution in [1.29, 1.82) is 0 Å². The van der Waals surface area contributed by atoms with Crippen LogP contribution in [0.4, 0.5) is 11.4 Å². The molecular formula is C21H24ClIN7OP. The highest BCUT2D eigenvalue weighted by atomic mass is 127. The minimum absolute atomic E-state index is 0.421. The second-order valence-corrected chi connectivity index (χ2v) is 9.53. The molecule has 5 rings (SSSR count). The van der Waals surface area contributed by atoms with E-state index in [9.17, 15) is 0 Å². The number of hydrogen-bond donors (Lipinski definition) is 1. The third-order valence-electron chi connectivity index (χ3n) is 4.97. The molecule has 1 aliphatic carbocycles. The zero-order chi connectivity index (χ0) is 22.8. The highest BCUT2D eigenvalue weighted by molar-refractivity contribution is 14.2. The summed E-state index contributed by atoms with van der Waals surface area (Å²) >= 11 is 8.75. The minimum atomic E-state index is 0.421. The van der Waals surface area contributed by atoms with E-state index >= 15 is 0 Å². The fourth-order valence-corrected chi connectivity index (χ4v) is 5.64. The van der Waals surface area contributed by atoms with Crippen LogP contribution in [0.2, 0.25) is 5.15 Å². The molecule has 1 unspecified atom stereocenters. The maximum absolute atomic E-state index is 6.38. The molecule has 0 spiro atoms. The molecule has 3 heterocycles. The van der Waals surface area contributed by atoms with Gasteiger partial charge in [-0.25, -0.2) is 15.0 Å². The van der Waals surface area contributed by atoms with Gasteiger partial charge in [0.1, 0.15) is 22.8 Å². The van der Waals surface area contributed by atoms with Crippen molar-refractivity contribution in [3.05, 3.63) is 41.6 Å². The van der Waals surface area contributed by atoms with Crippen molar-refractivity contribution in [3.63, 3.8) is 0 Å². The van der Waals surface area contributed by atoms with Crippen LogP contribution in [0.3, 0.4) is 0 Å². The van der Waals surface area contributed by atoms with E-state index in [1.807, 2.05) is 39.1 Å². The van der Waals surface area contributed by atoms with Crippen LogP contribution in [-0.2, 0) is 7.05 Å². The highest BCUT2D eigenvalue weighted by Crippen LogP contribution is 2.46. The van der Waals surface area contributed by atoms with E-state index in [2.05, 4.69) is 46.8 Å². The average molecular weight is 584 g/mol. The van der Waals surface area contributed by atoms with Gasteiger partial charge in [-0.1, -0.05) is 31.5 Å². The number of hydrogen-bond acceptors (Lipinski definition) is 6. The third-order valence-corrected chi connectivity index (χ3v) is 7.22. The number of imidazole rings is 1. The fraction of sp³-hybridized carbons (Fsp3) is 0.333. The first-order chi connectivity index (χ1) is 15.6. The predicted molar refractivity (Wildman–Crippen MR) is 140 cm³/mol. The largest absolute Gasteiger partial charge is 0.494 e. The van der Waals surface area contributed by atoms with Crippen LogP contribution in [-0.4, -0.2) is 36.2 Å². The summed E-state index contributed by atoms with van der Waals surface area (Å²) in [6, 6.07) is 7.63. The first-order valence-corrected chi connectivity index (χ1v) is 14.8. The Morgan fingerprint density at radius 3 is 2.62 bits per heavy atom. The lowest BCUT2D eigenvalue weighted by molar-refractivity contribution is 0.418. The van der Waals surface area contributed by atoms with Crippen molar-refractivity contribution >= 4 is 62.6 Å². The van der Waals surface area contributed by atoms with Gasteiger partial charge in [-0.05, 0) is 47.0 Å². The third kappa shape index (κ3) is 4.43. The summed E-state index contributed by atoms with van der Waals surface area (Å²) in [6.07, 6.45) is 4.52. The Bertz CT molecular complexity index is 1250. The number of nitrogens with one attached hydrogen (secondary N) is 1. The molecule has 1 aromatic carbocycles.